The van der Waals surface area contributed by atoms with Gasteiger partial charge in [0.1, 0.15) is 0 Å². The standard InChI is InChI=1S/C29H34N4/c1-2-18-17-33-12-11-23-21-7-3-6-10-26(21)32-29(23)28(33)14-19(18)13-20-15-27-24(16-30-20)22-8-4-5-9-25(22)31-27/h3-10,18-20,28,30-32H,2,11-17H2,1H3/t18-,19-,20+,28-/m0/s1. The quantitative estimate of drug-likeness (QED) is 0.384. The van der Waals surface area contributed by atoms with E-state index in [1.54, 1.807) is 5.56 Å². The average Bonchev–Trinajstić information content (AvgIpc) is 3.41. The van der Waals surface area contributed by atoms with Crippen LogP contribution >= 0.6 is 0 Å². The molecule has 0 unspecified atom stereocenters. The Morgan fingerprint density at radius 1 is 0.909 bits per heavy atom. The Kier molecular flexibility index (Phi) is 4.66. The van der Waals surface area contributed by atoms with Gasteiger partial charge in [0.05, 0.1) is 6.04 Å². The number of rotatable bonds is 3. The number of benzene rings is 2. The van der Waals surface area contributed by atoms with Crippen LogP contribution in [0.4, 0.5) is 0 Å². The van der Waals surface area contributed by atoms with Gasteiger partial charge in [-0.2, -0.15) is 0 Å². The molecule has 0 saturated carbocycles. The van der Waals surface area contributed by atoms with E-state index in [0.717, 1.165) is 24.8 Å². The second-order valence-electron chi connectivity index (χ2n) is 10.6. The van der Waals surface area contributed by atoms with E-state index in [4.69, 9.17) is 0 Å². The minimum absolute atomic E-state index is 0.557. The van der Waals surface area contributed by atoms with Crippen LogP contribution in [-0.4, -0.2) is 34.0 Å². The molecule has 7 rings (SSSR count). The Balaban J connectivity index is 1.15. The molecule has 4 heteroatoms. The Morgan fingerprint density at radius 3 is 2.48 bits per heavy atom. The molecule has 170 valence electrons. The molecular weight excluding hydrogens is 404 g/mol. The third-order valence-corrected chi connectivity index (χ3v) is 8.96. The number of hydrogen-bond acceptors (Lipinski definition) is 2. The summed E-state index contributed by atoms with van der Waals surface area (Å²) in [4.78, 5) is 10.4. The maximum atomic E-state index is 3.92. The molecule has 0 spiro atoms. The topological polar surface area (TPSA) is 46.9 Å². The van der Waals surface area contributed by atoms with Crippen molar-refractivity contribution in [2.75, 3.05) is 13.1 Å². The van der Waals surface area contributed by atoms with Crippen LogP contribution in [0, 0.1) is 11.8 Å². The van der Waals surface area contributed by atoms with Gasteiger partial charge >= 0.3 is 0 Å². The summed E-state index contributed by atoms with van der Waals surface area (Å²) in [6, 6.07) is 18.8. The van der Waals surface area contributed by atoms with Crippen molar-refractivity contribution < 1.29 is 0 Å². The lowest BCUT2D eigenvalue weighted by Crippen LogP contribution is -2.47. The number of aromatic amines is 2. The summed E-state index contributed by atoms with van der Waals surface area (Å²) >= 11 is 0. The van der Waals surface area contributed by atoms with Crippen molar-refractivity contribution in [1.29, 1.82) is 0 Å². The van der Waals surface area contributed by atoms with Gasteiger partial charge in [0.25, 0.3) is 0 Å². The summed E-state index contributed by atoms with van der Waals surface area (Å²) in [5.41, 5.74) is 8.65. The van der Waals surface area contributed by atoms with Crippen molar-refractivity contribution in [2.45, 2.75) is 57.7 Å². The third kappa shape index (κ3) is 3.18. The number of nitrogens with zero attached hydrogens (tertiary/aromatic N) is 1. The smallest absolute Gasteiger partial charge is 0.0504 e. The molecule has 0 bridgehead atoms. The van der Waals surface area contributed by atoms with Gasteiger partial charge in [0, 0.05) is 65.3 Å². The maximum absolute atomic E-state index is 3.92. The van der Waals surface area contributed by atoms with Crippen LogP contribution < -0.4 is 5.32 Å². The number of piperidine rings is 1. The predicted octanol–water partition coefficient (Wildman–Crippen LogP) is 5.70. The van der Waals surface area contributed by atoms with Gasteiger partial charge in [-0.3, -0.25) is 4.90 Å². The molecule has 4 nitrogen and oxygen atoms in total. The largest absolute Gasteiger partial charge is 0.358 e. The summed E-state index contributed by atoms with van der Waals surface area (Å²) in [5.74, 6) is 1.58. The number of nitrogens with one attached hydrogen (secondary N) is 3. The first-order valence-corrected chi connectivity index (χ1v) is 12.9. The first-order valence-electron chi connectivity index (χ1n) is 12.9. The highest BCUT2D eigenvalue weighted by Gasteiger charge is 2.40. The van der Waals surface area contributed by atoms with Crippen LogP contribution in [0.5, 0.6) is 0 Å². The van der Waals surface area contributed by atoms with E-state index >= 15 is 0 Å². The lowest BCUT2D eigenvalue weighted by atomic mass is 9.74. The molecule has 3 N–H and O–H groups in total. The number of fused-ring (bicyclic) bond motifs is 8. The Hall–Kier alpha value is -2.56. The van der Waals surface area contributed by atoms with E-state index in [9.17, 15) is 0 Å². The molecule has 3 aliphatic heterocycles. The zero-order chi connectivity index (χ0) is 21.9. The van der Waals surface area contributed by atoms with Crippen LogP contribution in [0.1, 0.15) is 54.7 Å². The normalized spacial score (nSPS) is 27.4. The van der Waals surface area contributed by atoms with Gasteiger partial charge < -0.3 is 15.3 Å². The monoisotopic (exact) mass is 438 g/mol. The van der Waals surface area contributed by atoms with Gasteiger partial charge in [-0.15, -0.1) is 0 Å². The SMILES string of the molecule is CC[C@H]1CN2CCc3c([nH]c4ccccc34)[C@@H]2C[C@@H]1C[C@@H]1Cc2[nH]c3ccccc3c2CN1. The highest BCUT2D eigenvalue weighted by molar-refractivity contribution is 5.85. The summed E-state index contributed by atoms with van der Waals surface area (Å²) in [5, 5.41) is 6.76. The number of H-pyrrole nitrogens is 2. The number of aromatic nitrogens is 2. The molecule has 0 amide bonds. The van der Waals surface area contributed by atoms with E-state index in [0.29, 0.717) is 12.1 Å². The van der Waals surface area contributed by atoms with Crippen molar-refractivity contribution >= 4 is 21.8 Å². The maximum Gasteiger partial charge on any atom is 0.0504 e. The fourth-order valence-corrected chi connectivity index (χ4v) is 7.26. The van der Waals surface area contributed by atoms with E-state index in [-0.39, 0.29) is 0 Å². The number of hydrogen-bond donors (Lipinski definition) is 3. The molecule has 2 aromatic heterocycles. The molecule has 4 aromatic rings. The van der Waals surface area contributed by atoms with Crippen molar-refractivity contribution in [3.05, 3.63) is 71.0 Å². The molecule has 1 fully saturated rings. The average molecular weight is 439 g/mol. The summed E-state index contributed by atoms with van der Waals surface area (Å²) < 4.78 is 0. The van der Waals surface area contributed by atoms with Crippen LogP contribution in [0.2, 0.25) is 0 Å². The second-order valence-corrected chi connectivity index (χ2v) is 10.6. The lowest BCUT2D eigenvalue weighted by Gasteiger charge is -2.47. The molecule has 1 saturated heterocycles. The first kappa shape index (κ1) is 19.9. The van der Waals surface area contributed by atoms with E-state index in [1.807, 2.05) is 0 Å². The van der Waals surface area contributed by atoms with Crippen molar-refractivity contribution in [3.8, 4) is 0 Å². The van der Waals surface area contributed by atoms with E-state index < -0.39 is 0 Å². The summed E-state index contributed by atoms with van der Waals surface area (Å²) in [7, 11) is 0. The van der Waals surface area contributed by atoms with E-state index in [2.05, 4.69) is 75.6 Å². The van der Waals surface area contributed by atoms with Gasteiger partial charge in [-0.05, 0) is 54.4 Å². The van der Waals surface area contributed by atoms with Gasteiger partial charge in [0.15, 0.2) is 0 Å². The Labute approximate surface area is 195 Å². The molecule has 5 heterocycles. The van der Waals surface area contributed by atoms with Gasteiger partial charge in [0.2, 0.25) is 0 Å². The molecule has 0 radical (unpaired) electrons. The van der Waals surface area contributed by atoms with E-state index in [1.165, 1.54) is 77.5 Å². The summed E-state index contributed by atoms with van der Waals surface area (Å²) in [6.45, 7) is 5.86. The first-order chi connectivity index (χ1) is 16.3. The minimum Gasteiger partial charge on any atom is -0.358 e. The van der Waals surface area contributed by atoms with Crippen molar-refractivity contribution in [2.24, 2.45) is 11.8 Å². The van der Waals surface area contributed by atoms with Crippen LogP contribution in [-0.2, 0) is 19.4 Å². The molecule has 0 aliphatic carbocycles. The Bertz CT molecular complexity index is 1310. The second kappa shape index (κ2) is 7.75. The molecule has 3 aliphatic rings. The highest BCUT2D eigenvalue weighted by atomic mass is 15.2. The Morgan fingerprint density at radius 2 is 1.67 bits per heavy atom. The van der Waals surface area contributed by atoms with Gasteiger partial charge in [-0.25, -0.2) is 0 Å². The van der Waals surface area contributed by atoms with Crippen LogP contribution in [0.15, 0.2) is 48.5 Å². The molecule has 33 heavy (non-hydrogen) atoms. The molecule has 2 aromatic carbocycles. The van der Waals surface area contributed by atoms with Gasteiger partial charge in [-0.1, -0.05) is 49.7 Å². The fourth-order valence-electron chi connectivity index (χ4n) is 7.26. The summed E-state index contributed by atoms with van der Waals surface area (Å²) in [6.07, 6.45) is 6.17. The fraction of sp³-hybridized carbons (Fsp3) is 0.448. The van der Waals surface area contributed by atoms with Crippen LogP contribution in [0.3, 0.4) is 0 Å². The van der Waals surface area contributed by atoms with Crippen molar-refractivity contribution in [1.82, 2.24) is 20.2 Å². The third-order valence-electron chi connectivity index (χ3n) is 8.96. The minimum atomic E-state index is 0.557. The van der Waals surface area contributed by atoms with Crippen LogP contribution in [0.25, 0.3) is 21.8 Å². The van der Waals surface area contributed by atoms with Crippen molar-refractivity contribution in [3.63, 3.8) is 0 Å². The lowest BCUT2D eigenvalue weighted by molar-refractivity contribution is 0.0420. The number of para-hydroxylation sites is 2. The molecule has 4 atom stereocenters. The zero-order valence-corrected chi connectivity index (χ0v) is 19.5. The zero-order valence-electron chi connectivity index (χ0n) is 19.5. The highest BCUT2D eigenvalue weighted by Crippen LogP contribution is 2.45. The molecular formula is C29H34N4. The predicted molar refractivity (Wildman–Crippen MR) is 135 cm³/mol.